The van der Waals surface area contributed by atoms with Crippen molar-refractivity contribution in [3.05, 3.63) is 64.7 Å². The molecule has 0 aliphatic carbocycles. The van der Waals surface area contributed by atoms with Crippen LogP contribution < -0.4 is 11.1 Å². The molecule has 1 aliphatic rings. The molecule has 3 rings (SSSR count). The van der Waals surface area contributed by atoms with Gasteiger partial charge in [0.05, 0.1) is 12.3 Å². The zero-order valence-electron chi connectivity index (χ0n) is 15.2. The van der Waals surface area contributed by atoms with Gasteiger partial charge in [0.2, 0.25) is 11.8 Å². The number of carbonyl (C=O) groups is 2. The first-order chi connectivity index (χ1) is 13.0. The van der Waals surface area contributed by atoms with Crippen LogP contribution in [0.1, 0.15) is 24.0 Å². The summed E-state index contributed by atoms with van der Waals surface area (Å²) in [4.78, 5) is 25.9. The number of rotatable bonds is 6. The van der Waals surface area contributed by atoms with Crippen LogP contribution in [0.15, 0.2) is 48.5 Å². The molecule has 0 saturated carbocycles. The largest absolute Gasteiger partial charge is 0.369 e. The van der Waals surface area contributed by atoms with Crippen LogP contribution in [0.5, 0.6) is 0 Å². The Morgan fingerprint density at radius 1 is 1.07 bits per heavy atom. The monoisotopic (exact) mass is 385 g/mol. The molecular formula is C21H24ClN3O2. The Hall–Kier alpha value is -2.37. The topological polar surface area (TPSA) is 75.4 Å². The molecule has 27 heavy (non-hydrogen) atoms. The summed E-state index contributed by atoms with van der Waals surface area (Å²) in [5, 5.41) is 3.72. The zero-order chi connectivity index (χ0) is 19.2. The summed E-state index contributed by atoms with van der Waals surface area (Å²) in [6, 6.07) is 15.1. The van der Waals surface area contributed by atoms with Crippen molar-refractivity contribution in [2.75, 3.05) is 18.4 Å². The highest BCUT2D eigenvalue weighted by Gasteiger charge is 2.25. The SMILES string of the molecule is NC(=O)Cc1ccc(NC(=O)[C@H]2CCCN(Cc3ccc(Cl)cc3)C2)cc1. The first-order valence-corrected chi connectivity index (χ1v) is 9.52. The predicted molar refractivity (Wildman–Crippen MR) is 107 cm³/mol. The number of carbonyl (C=O) groups excluding carboxylic acids is 2. The van der Waals surface area contributed by atoms with Gasteiger partial charge < -0.3 is 11.1 Å². The predicted octanol–water partition coefficient (Wildman–Crippen LogP) is 3.22. The number of hydrogen-bond acceptors (Lipinski definition) is 3. The maximum Gasteiger partial charge on any atom is 0.228 e. The van der Waals surface area contributed by atoms with Gasteiger partial charge in [0.25, 0.3) is 0 Å². The summed E-state index contributed by atoms with van der Waals surface area (Å²) in [6.45, 7) is 2.56. The number of piperidine rings is 1. The van der Waals surface area contributed by atoms with Gasteiger partial charge in [0.15, 0.2) is 0 Å². The molecule has 3 N–H and O–H groups in total. The lowest BCUT2D eigenvalue weighted by atomic mass is 9.96. The molecule has 2 aromatic rings. The fourth-order valence-corrected chi connectivity index (χ4v) is 3.54. The second kappa shape index (κ2) is 9.02. The maximum atomic E-state index is 12.6. The van der Waals surface area contributed by atoms with Gasteiger partial charge in [0.1, 0.15) is 0 Å². The lowest BCUT2D eigenvalue weighted by Crippen LogP contribution is -2.40. The number of likely N-dealkylation sites (tertiary alicyclic amines) is 1. The van der Waals surface area contributed by atoms with E-state index >= 15 is 0 Å². The Labute approximate surface area is 164 Å². The Bertz CT molecular complexity index is 790. The standard InChI is InChI=1S/C21H24ClN3O2/c22-18-7-3-16(4-8-18)13-25-11-1-2-17(14-25)21(27)24-19-9-5-15(6-10-19)12-20(23)26/h3-10,17H,1-2,11-14H2,(H2,23,26)(H,24,27)/t17-/m0/s1. The highest BCUT2D eigenvalue weighted by molar-refractivity contribution is 6.30. The van der Waals surface area contributed by atoms with E-state index < -0.39 is 0 Å². The Morgan fingerprint density at radius 3 is 2.41 bits per heavy atom. The minimum Gasteiger partial charge on any atom is -0.369 e. The molecule has 1 heterocycles. The average molecular weight is 386 g/mol. The summed E-state index contributed by atoms with van der Waals surface area (Å²) in [5.41, 5.74) is 7.98. The number of primary amides is 1. The minimum absolute atomic E-state index is 0.0312. The van der Waals surface area contributed by atoms with Crippen molar-refractivity contribution >= 4 is 29.1 Å². The smallest absolute Gasteiger partial charge is 0.228 e. The molecule has 0 spiro atoms. The van der Waals surface area contributed by atoms with Gasteiger partial charge in [-0.3, -0.25) is 14.5 Å². The highest BCUT2D eigenvalue weighted by Crippen LogP contribution is 2.21. The third-order valence-corrected chi connectivity index (χ3v) is 5.05. The minimum atomic E-state index is -0.366. The van der Waals surface area contributed by atoms with E-state index in [0.717, 1.165) is 48.7 Å². The number of benzene rings is 2. The van der Waals surface area contributed by atoms with E-state index in [1.807, 2.05) is 48.5 Å². The van der Waals surface area contributed by atoms with Crippen molar-refractivity contribution in [1.29, 1.82) is 0 Å². The molecule has 2 aromatic carbocycles. The van der Waals surface area contributed by atoms with Gasteiger partial charge in [-0.15, -0.1) is 0 Å². The van der Waals surface area contributed by atoms with Crippen molar-refractivity contribution in [1.82, 2.24) is 4.90 Å². The summed E-state index contributed by atoms with van der Waals surface area (Å²) >= 11 is 5.94. The number of anilines is 1. The number of nitrogens with two attached hydrogens (primary N) is 1. The van der Waals surface area contributed by atoms with E-state index in [9.17, 15) is 9.59 Å². The van der Waals surface area contributed by atoms with Crippen molar-refractivity contribution in [3.8, 4) is 0 Å². The molecule has 2 amide bonds. The fraction of sp³-hybridized carbons (Fsp3) is 0.333. The molecule has 1 fully saturated rings. The highest BCUT2D eigenvalue weighted by atomic mass is 35.5. The zero-order valence-corrected chi connectivity index (χ0v) is 15.9. The molecule has 0 aromatic heterocycles. The van der Waals surface area contributed by atoms with E-state index in [0.29, 0.717) is 0 Å². The van der Waals surface area contributed by atoms with Gasteiger partial charge in [-0.25, -0.2) is 0 Å². The van der Waals surface area contributed by atoms with Crippen molar-refractivity contribution in [2.45, 2.75) is 25.8 Å². The van der Waals surface area contributed by atoms with Crippen molar-refractivity contribution in [2.24, 2.45) is 11.7 Å². The van der Waals surface area contributed by atoms with E-state index in [1.165, 1.54) is 5.56 Å². The maximum absolute atomic E-state index is 12.6. The number of nitrogens with one attached hydrogen (secondary N) is 1. The first-order valence-electron chi connectivity index (χ1n) is 9.14. The lowest BCUT2D eigenvalue weighted by molar-refractivity contribution is -0.121. The molecule has 1 atom stereocenters. The van der Waals surface area contributed by atoms with E-state index in [2.05, 4.69) is 10.2 Å². The average Bonchev–Trinajstić information content (AvgIpc) is 2.65. The van der Waals surface area contributed by atoms with Crippen molar-refractivity contribution < 1.29 is 9.59 Å². The van der Waals surface area contributed by atoms with Gasteiger partial charge in [-0.1, -0.05) is 35.9 Å². The van der Waals surface area contributed by atoms with Gasteiger partial charge in [0, 0.05) is 23.8 Å². The Balaban J connectivity index is 1.54. The van der Waals surface area contributed by atoms with Crippen LogP contribution in [0, 0.1) is 5.92 Å². The molecule has 6 heteroatoms. The number of halogens is 1. The third kappa shape index (κ3) is 5.81. The lowest BCUT2D eigenvalue weighted by Gasteiger charge is -2.32. The fourth-order valence-electron chi connectivity index (χ4n) is 3.41. The Morgan fingerprint density at radius 2 is 1.74 bits per heavy atom. The summed E-state index contributed by atoms with van der Waals surface area (Å²) in [6.07, 6.45) is 2.10. The molecule has 0 bridgehead atoms. The summed E-state index contributed by atoms with van der Waals surface area (Å²) in [5.74, 6) is -0.357. The van der Waals surface area contributed by atoms with Crippen molar-refractivity contribution in [3.63, 3.8) is 0 Å². The quantitative estimate of drug-likeness (QED) is 0.801. The summed E-state index contributed by atoms with van der Waals surface area (Å²) < 4.78 is 0. The van der Waals surface area contributed by atoms with E-state index in [1.54, 1.807) is 0 Å². The molecule has 1 aliphatic heterocycles. The van der Waals surface area contributed by atoms with E-state index in [-0.39, 0.29) is 24.2 Å². The molecule has 0 radical (unpaired) electrons. The molecule has 1 saturated heterocycles. The summed E-state index contributed by atoms with van der Waals surface area (Å²) in [7, 11) is 0. The van der Waals surface area contributed by atoms with Gasteiger partial charge >= 0.3 is 0 Å². The third-order valence-electron chi connectivity index (χ3n) is 4.80. The van der Waals surface area contributed by atoms with Crippen LogP contribution in [0.4, 0.5) is 5.69 Å². The number of amides is 2. The van der Waals surface area contributed by atoms with Crippen LogP contribution >= 0.6 is 11.6 Å². The van der Waals surface area contributed by atoms with Gasteiger partial charge in [-0.2, -0.15) is 0 Å². The first kappa shape index (κ1) is 19.4. The molecular weight excluding hydrogens is 362 g/mol. The second-order valence-corrected chi connectivity index (χ2v) is 7.47. The van der Waals surface area contributed by atoms with Crippen LogP contribution in [0.3, 0.4) is 0 Å². The van der Waals surface area contributed by atoms with Crippen LogP contribution in [-0.2, 0) is 22.6 Å². The molecule has 142 valence electrons. The van der Waals surface area contributed by atoms with Crippen LogP contribution in [-0.4, -0.2) is 29.8 Å². The van der Waals surface area contributed by atoms with Crippen LogP contribution in [0.2, 0.25) is 5.02 Å². The van der Waals surface area contributed by atoms with Crippen LogP contribution in [0.25, 0.3) is 0 Å². The number of hydrogen-bond donors (Lipinski definition) is 2. The van der Waals surface area contributed by atoms with Gasteiger partial charge in [-0.05, 0) is 54.8 Å². The number of nitrogens with zero attached hydrogens (tertiary/aromatic N) is 1. The Kier molecular flexibility index (Phi) is 6.48. The normalized spacial score (nSPS) is 17.4. The molecule has 0 unspecified atom stereocenters. The molecule has 5 nitrogen and oxygen atoms in total. The second-order valence-electron chi connectivity index (χ2n) is 7.03. The van der Waals surface area contributed by atoms with E-state index in [4.69, 9.17) is 17.3 Å².